The molecule has 2 heterocycles. The molecule has 2 aliphatic rings. The number of halogens is 1. The molecular weight excluding hydrogens is 280 g/mol. The van der Waals surface area contributed by atoms with Gasteiger partial charge in [0.2, 0.25) is 5.91 Å². The summed E-state index contributed by atoms with van der Waals surface area (Å²) in [4.78, 5) is 16.6. The summed E-state index contributed by atoms with van der Waals surface area (Å²) in [7, 11) is 0. The molecule has 98 valence electrons. The lowest BCUT2D eigenvalue weighted by atomic mass is 9.95. The van der Waals surface area contributed by atoms with Gasteiger partial charge in [0, 0.05) is 13.1 Å². The summed E-state index contributed by atoms with van der Waals surface area (Å²) in [5.74, 6) is 1.04. The maximum Gasteiger partial charge on any atom is 0.236 e. The van der Waals surface area contributed by atoms with E-state index in [0.29, 0.717) is 5.91 Å². The van der Waals surface area contributed by atoms with Crippen LogP contribution in [-0.4, -0.2) is 53.3 Å². The molecule has 0 bridgehead atoms. The van der Waals surface area contributed by atoms with Crippen molar-refractivity contribution in [2.24, 2.45) is 5.92 Å². The van der Waals surface area contributed by atoms with Crippen LogP contribution >= 0.6 is 15.9 Å². The van der Waals surface area contributed by atoms with E-state index < -0.39 is 0 Å². The summed E-state index contributed by atoms with van der Waals surface area (Å²) >= 11 is 3.48. The van der Waals surface area contributed by atoms with E-state index in [2.05, 4.69) is 32.7 Å². The first kappa shape index (κ1) is 13.3. The van der Waals surface area contributed by atoms with Crippen molar-refractivity contribution < 1.29 is 4.79 Å². The number of hydrogen-bond acceptors (Lipinski definition) is 2. The quantitative estimate of drug-likeness (QED) is 0.746. The highest BCUT2D eigenvalue weighted by Gasteiger charge is 2.29. The van der Waals surface area contributed by atoms with Crippen LogP contribution < -0.4 is 0 Å². The summed E-state index contributed by atoms with van der Waals surface area (Å²) in [6.07, 6.45) is 4.66. The largest absolute Gasteiger partial charge is 0.341 e. The van der Waals surface area contributed by atoms with Crippen LogP contribution in [0.15, 0.2) is 0 Å². The van der Waals surface area contributed by atoms with Gasteiger partial charge in [-0.2, -0.15) is 0 Å². The van der Waals surface area contributed by atoms with Crippen LogP contribution in [0.5, 0.6) is 0 Å². The highest BCUT2D eigenvalue weighted by Crippen LogP contribution is 2.23. The first-order chi connectivity index (χ1) is 8.20. The third-order valence-electron chi connectivity index (χ3n) is 4.10. The van der Waals surface area contributed by atoms with Gasteiger partial charge in [0.15, 0.2) is 0 Å². The summed E-state index contributed by atoms with van der Waals surface area (Å²) in [5.41, 5.74) is 0. The van der Waals surface area contributed by atoms with Gasteiger partial charge in [0.1, 0.15) is 0 Å². The SMILES string of the molecule is CCN1CCC(CN2CCCC(Br)C2=O)CC1. The van der Waals surface area contributed by atoms with Gasteiger partial charge in [-0.15, -0.1) is 0 Å². The summed E-state index contributed by atoms with van der Waals surface area (Å²) in [6, 6.07) is 0. The molecule has 1 atom stereocenters. The molecule has 3 nitrogen and oxygen atoms in total. The Balaban J connectivity index is 1.79. The van der Waals surface area contributed by atoms with Gasteiger partial charge >= 0.3 is 0 Å². The first-order valence-electron chi connectivity index (χ1n) is 6.86. The van der Waals surface area contributed by atoms with Crippen molar-refractivity contribution in [2.75, 3.05) is 32.7 Å². The van der Waals surface area contributed by atoms with Crippen LogP contribution in [0.2, 0.25) is 0 Å². The zero-order valence-electron chi connectivity index (χ0n) is 10.7. The van der Waals surface area contributed by atoms with Gasteiger partial charge in [0.05, 0.1) is 4.83 Å². The van der Waals surface area contributed by atoms with Crippen molar-refractivity contribution in [2.45, 2.75) is 37.4 Å². The molecule has 0 saturated carbocycles. The summed E-state index contributed by atoms with van der Waals surface area (Å²) < 4.78 is 0. The summed E-state index contributed by atoms with van der Waals surface area (Å²) in [6.45, 7) is 7.76. The lowest BCUT2D eigenvalue weighted by Crippen LogP contribution is -2.46. The Labute approximate surface area is 113 Å². The van der Waals surface area contributed by atoms with Crippen LogP contribution in [0.4, 0.5) is 0 Å². The molecular formula is C13H23BrN2O. The molecule has 0 aliphatic carbocycles. The van der Waals surface area contributed by atoms with E-state index in [1.54, 1.807) is 0 Å². The minimum atomic E-state index is 0.0759. The number of alkyl halides is 1. The zero-order chi connectivity index (χ0) is 12.3. The zero-order valence-corrected chi connectivity index (χ0v) is 12.3. The molecule has 0 aromatic carbocycles. The molecule has 0 aromatic heterocycles. The second-order valence-corrected chi connectivity index (χ2v) is 6.38. The lowest BCUT2D eigenvalue weighted by Gasteiger charge is -2.36. The maximum atomic E-state index is 12.0. The van der Waals surface area contributed by atoms with Gasteiger partial charge in [-0.25, -0.2) is 0 Å². The van der Waals surface area contributed by atoms with E-state index in [0.717, 1.165) is 31.8 Å². The highest BCUT2D eigenvalue weighted by molar-refractivity contribution is 9.10. The van der Waals surface area contributed by atoms with E-state index in [4.69, 9.17) is 0 Å². The monoisotopic (exact) mass is 302 g/mol. The Kier molecular flexibility index (Phi) is 4.86. The van der Waals surface area contributed by atoms with Crippen LogP contribution in [-0.2, 0) is 4.79 Å². The third kappa shape index (κ3) is 3.44. The highest BCUT2D eigenvalue weighted by atomic mass is 79.9. The molecule has 1 unspecified atom stereocenters. The fourth-order valence-electron chi connectivity index (χ4n) is 2.87. The molecule has 0 spiro atoms. The Bertz CT molecular complexity index is 264. The van der Waals surface area contributed by atoms with Crippen molar-refractivity contribution >= 4 is 21.8 Å². The number of piperidine rings is 2. The number of hydrogen-bond donors (Lipinski definition) is 0. The fraction of sp³-hybridized carbons (Fsp3) is 0.923. The molecule has 1 amide bonds. The van der Waals surface area contributed by atoms with Gasteiger partial charge in [-0.05, 0) is 51.2 Å². The molecule has 2 aliphatic heterocycles. The maximum absolute atomic E-state index is 12.0. The normalized spacial score (nSPS) is 28.7. The Morgan fingerprint density at radius 1 is 1.24 bits per heavy atom. The Morgan fingerprint density at radius 2 is 1.94 bits per heavy atom. The molecule has 2 saturated heterocycles. The van der Waals surface area contributed by atoms with Crippen LogP contribution in [0.3, 0.4) is 0 Å². The average molecular weight is 303 g/mol. The first-order valence-corrected chi connectivity index (χ1v) is 7.77. The van der Waals surface area contributed by atoms with Gasteiger partial charge in [0.25, 0.3) is 0 Å². The van der Waals surface area contributed by atoms with Gasteiger partial charge < -0.3 is 9.80 Å². The van der Waals surface area contributed by atoms with E-state index in [-0.39, 0.29) is 4.83 Å². The fourth-order valence-corrected chi connectivity index (χ4v) is 3.48. The second-order valence-electron chi connectivity index (χ2n) is 5.27. The topological polar surface area (TPSA) is 23.6 Å². The van der Waals surface area contributed by atoms with Gasteiger partial charge in [-0.3, -0.25) is 4.79 Å². The number of amides is 1. The standard InChI is InChI=1S/C13H23BrN2O/c1-2-15-8-5-11(6-9-15)10-16-7-3-4-12(14)13(16)17/h11-12H,2-10H2,1H3. The number of nitrogens with zero attached hydrogens (tertiary/aromatic N) is 2. The molecule has 0 N–H and O–H groups in total. The van der Waals surface area contributed by atoms with E-state index in [1.165, 1.54) is 32.5 Å². The molecule has 2 rings (SSSR count). The number of likely N-dealkylation sites (tertiary alicyclic amines) is 2. The molecule has 0 aromatic rings. The van der Waals surface area contributed by atoms with Crippen LogP contribution in [0.1, 0.15) is 32.6 Å². The number of carbonyl (C=O) groups excluding carboxylic acids is 1. The second kappa shape index (κ2) is 6.19. The molecule has 2 fully saturated rings. The minimum absolute atomic E-state index is 0.0759. The molecule has 4 heteroatoms. The van der Waals surface area contributed by atoms with Crippen molar-refractivity contribution in [3.63, 3.8) is 0 Å². The molecule has 17 heavy (non-hydrogen) atoms. The van der Waals surface area contributed by atoms with Crippen molar-refractivity contribution in [1.82, 2.24) is 9.80 Å². The van der Waals surface area contributed by atoms with E-state index in [1.807, 2.05) is 0 Å². The van der Waals surface area contributed by atoms with Crippen molar-refractivity contribution in [3.8, 4) is 0 Å². The Hall–Kier alpha value is -0.0900. The smallest absolute Gasteiger partial charge is 0.236 e. The van der Waals surface area contributed by atoms with Gasteiger partial charge in [-0.1, -0.05) is 22.9 Å². The van der Waals surface area contributed by atoms with Crippen molar-refractivity contribution in [1.29, 1.82) is 0 Å². The predicted octanol–water partition coefficient (Wildman–Crippen LogP) is 2.10. The van der Waals surface area contributed by atoms with E-state index in [9.17, 15) is 4.79 Å². The van der Waals surface area contributed by atoms with Crippen LogP contribution in [0, 0.1) is 5.92 Å². The number of carbonyl (C=O) groups is 1. The average Bonchev–Trinajstić information content (AvgIpc) is 2.36. The lowest BCUT2D eigenvalue weighted by molar-refractivity contribution is -0.133. The predicted molar refractivity (Wildman–Crippen MR) is 73.4 cm³/mol. The van der Waals surface area contributed by atoms with Crippen molar-refractivity contribution in [3.05, 3.63) is 0 Å². The third-order valence-corrected chi connectivity index (χ3v) is 4.95. The Morgan fingerprint density at radius 3 is 2.59 bits per heavy atom. The van der Waals surface area contributed by atoms with Crippen LogP contribution in [0.25, 0.3) is 0 Å². The number of rotatable bonds is 3. The van der Waals surface area contributed by atoms with E-state index >= 15 is 0 Å². The summed E-state index contributed by atoms with van der Waals surface area (Å²) in [5, 5.41) is 0. The minimum Gasteiger partial charge on any atom is -0.341 e. The molecule has 0 radical (unpaired) electrons.